The molecule has 0 saturated carbocycles. The second-order valence-corrected chi connectivity index (χ2v) is 7.08. The lowest BCUT2D eigenvalue weighted by molar-refractivity contribution is -0.139. The third kappa shape index (κ3) is 6.38. The lowest BCUT2D eigenvalue weighted by atomic mass is 10.0. The van der Waals surface area contributed by atoms with E-state index in [1.807, 2.05) is 49.4 Å². The molecule has 8 nitrogen and oxygen atoms in total. The average molecular weight is 412 g/mol. The van der Waals surface area contributed by atoms with Crippen LogP contribution in [-0.2, 0) is 25.6 Å². The van der Waals surface area contributed by atoms with Gasteiger partial charge < -0.3 is 21.7 Å². The van der Waals surface area contributed by atoms with Gasteiger partial charge in [0.15, 0.2) is 0 Å². The molecule has 3 amide bonds. The number of benzene rings is 2. The van der Waals surface area contributed by atoms with E-state index in [0.717, 1.165) is 22.8 Å². The van der Waals surface area contributed by atoms with Crippen LogP contribution in [0.15, 0.2) is 42.5 Å². The number of hydrogen-bond acceptors (Lipinski definition) is 5. The summed E-state index contributed by atoms with van der Waals surface area (Å²) in [5, 5.41) is 9.68. The fourth-order valence-electron chi connectivity index (χ4n) is 3.17. The van der Waals surface area contributed by atoms with Crippen molar-refractivity contribution in [1.82, 2.24) is 16.0 Å². The van der Waals surface area contributed by atoms with Crippen LogP contribution in [0.1, 0.15) is 25.3 Å². The van der Waals surface area contributed by atoms with Gasteiger partial charge in [0.1, 0.15) is 6.04 Å². The number of likely N-dealkylation sites (N-methyl/N-ethyl adjacent to an activating group) is 1. The Labute approximate surface area is 175 Å². The van der Waals surface area contributed by atoms with Gasteiger partial charge >= 0.3 is 0 Å². The molecular weight excluding hydrogens is 384 g/mol. The van der Waals surface area contributed by atoms with Crippen molar-refractivity contribution in [2.24, 2.45) is 5.73 Å². The van der Waals surface area contributed by atoms with Crippen molar-refractivity contribution in [2.45, 2.75) is 38.3 Å². The topological polar surface area (TPSA) is 130 Å². The summed E-state index contributed by atoms with van der Waals surface area (Å²) in [4.78, 5) is 48.1. The number of amides is 3. The molecule has 2 aromatic carbocycles. The van der Waals surface area contributed by atoms with Crippen LogP contribution in [0, 0.1) is 0 Å². The van der Waals surface area contributed by atoms with Gasteiger partial charge in [-0.15, -0.1) is 0 Å². The molecule has 0 aromatic heterocycles. The van der Waals surface area contributed by atoms with Crippen molar-refractivity contribution >= 4 is 34.3 Å². The number of hydrogen-bond donors (Lipinski definition) is 4. The number of Topliss-reactive ketones (excluding diaryl/α,β-unsaturated/α-hetero) is 1. The van der Waals surface area contributed by atoms with Gasteiger partial charge in [-0.2, -0.15) is 0 Å². The Morgan fingerprint density at radius 2 is 1.70 bits per heavy atom. The molecule has 0 radical (unpaired) electrons. The number of nitrogens with two attached hydrogens (primary N) is 1. The van der Waals surface area contributed by atoms with E-state index in [-0.39, 0.29) is 6.42 Å². The SMILES string of the molecule is CCCC(NC)C(=O)C(=O)NCC(=O)NC(Cc1ccc2ccccc2c1)C(N)=O. The minimum absolute atomic E-state index is 0.219. The third-order valence-corrected chi connectivity index (χ3v) is 4.81. The number of carbonyl (C=O) groups is 4. The number of ketones is 1. The minimum Gasteiger partial charge on any atom is -0.368 e. The normalized spacial score (nSPS) is 12.7. The lowest BCUT2D eigenvalue weighted by Gasteiger charge is -2.17. The van der Waals surface area contributed by atoms with Crippen LogP contribution < -0.4 is 21.7 Å². The zero-order valence-corrected chi connectivity index (χ0v) is 17.2. The van der Waals surface area contributed by atoms with Gasteiger partial charge in [-0.05, 0) is 29.8 Å². The van der Waals surface area contributed by atoms with Crippen LogP contribution in [-0.4, -0.2) is 49.2 Å². The van der Waals surface area contributed by atoms with Crippen LogP contribution in [0.4, 0.5) is 0 Å². The Kier molecular flexibility index (Phi) is 8.49. The predicted octanol–water partition coefficient (Wildman–Crippen LogP) is 0.426. The Balaban J connectivity index is 1.94. The Bertz CT molecular complexity index is 928. The van der Waals surface area contributed by atoms with E-state index in [2.05, 4.69) is 16.0 Å². The van der Waals surface area contributed by atoms with E-state index < -0.39 is 42.1 Å². The molecule has 0 aliphatic rings. The van der Waals surface area contributed by atoms with Crippen LogP contribution in [0.5, 0.6) is 0 Å². The summed E-state index contributed by atoms with van der Waals surface area (Å²) in [6, 6.07) is 12.0. The zero-order chi connectivity index (χ0) is 22.1. The number of fused-ring (bicyclic) bond motifs is 1. The van der Waals surface area contributed by atoms with Crippen molar-refractivity contribution in [1.29, 1.82) is 0 Å². The molecule has 2 rings (SSSR count). The Morgan fingerprint density at radius 3 is 2.33 bits per heavy atom. The van der Waals surface area contributed by atoms with Gasteiger partial charge in [0.25, 0.3) is 5.91 Å². The van der Waals surface area contributed by atoms with E-state index in [9.17, 15) is 19.2 Å². The maximum absolute atomic E-state index is 12.2. The van der Waals surface area contributed by atoms with E-state index in [0.29, 0.717) is 6.42 Å². The summed E-state index contributed by atoms with van der Waals surface area (Å²) in [6.07, 6.45) is 1.47. The molecule has 2 atom stereocenters. The van der Waals surface area contributed by atoms with Crippen LogP contribution in [0.2, 0.25) is 0 Å². The molecule has 0 fully saturated rings. The van der Waals surface area contributed by atoms with Crippen LogP contribution in [0.25, 0.3) is 10.8 Å². The molecule has 8 heteroatoms. The number of carbonyl (C=O) groups excluding carboxylic acids is 4. The van der Waals surface area contributed by atoms with Gasteiger partial charge in [-0.1, -0.05) is 55.8 Å². The van der Waals surface area contributed by atoms with E-state index in [1.165, 1.54) is 0 Å². The van der Waals surface area contributed by atoms with Crippen molar-refractivity contribution in [3.63, 3.8) is 0 Å². The van der Waals surface area contributed by atoms with Crippen LogP contribution in [0.3, 0.4) is 0 Å². The molecule has 0 heterocycles. The third-order valence-electron chi connectivity index (χ3n) is 4.81. The lowest BCUT2D eigenvalue weighted by Crippen LogP contribution is -2.51. The first-order chi connectivity index (χ1) is 14.3. The van der Waals surface area contributed by atoms with Crippen molar-refractivity contribution in [2.75, 3.05) is 13.6 Å². The summed E-state index contributed by atoms with van der Waals surface area (Å²) < 4.78 is 0. The van der Waals surface area contributed by atoms with Gasteiger partial charge in [0.2, 0.25) is 17.6 Å². The second kappa shape index (κ2) is 11.1. The standard InChI is InChI=1S/C22H28N4O4/c1-3-6-17(24-2)20(28)22(30)25-13-19(27)26-18(21(23)29)12-14-9-10-15-7-4-5-8-16(15)11-14/h4-5,7-11,17-18,24H,3,6,12-13H2,1-2H3,(H2,23,29)(H,25,30)(H,26,27). The molecule has 2 aromatic rings. The fraction of sp³-hybridized carbons (Fsp3) is 0.364. The van der Waals surface area contributed by atoms with E-state index in [4.69, 9.17) is 5.73 Å². The molecule has 30 heavy (non-hydrogen) atoms. The fourth-order valence-corrected chi connectivity index (χ4v) is 3.17. The maximum atomic E-state index is 12.2. The smallest absolute Gasteiger partial charge is 0.289 e. The first kappa shape index (κ1) is 23.0. The molecule has 0 spiro atoms. The van der Waals surface area contributed by atoms with Crippen LogP contribution >= 0.6 is 0 Å². The Hall–Kier alpha value is -3.26. The van der Waals surface area contributed by atoms with Gasteiger partial charge in [0, 0.05) is 6.42 Å². The highest BCUT2D eigenvalue weighted by Gasteiger charge is 2.24. The molecule has 160 valence electrons. The molecule has 0 aliphatic heterocycles. The zero-order valence-electron chi connectivity index (χ0n) is 17.2. The quantitative estimate of drug-likeness (QED) is 0.398. The Morgan fingerprint density at radius 1 is 1.00 bits per heavy atom. The molecule has 5 N–H and O–H groups in total. The minimum atomic E-state index is -0.934. The summed E-state index contributed by atoms with van der Waals surface area (Å²) in [6.45, 7) is 1.48. The highest BCUT2D eigenvalue weighted by Crippen LogP contribution is 2.16. The predicted molar refractivity (Wildman–Crippen MR) is 115 cm³/mol. The van der Waals surface area contributed by atoms with Gasteiger partial charge in [-0.25, -0.2) is 0 Å². The molecule has 0 saturated heterocycles. The van der Waals surface area contributed by atoms with Crippen molar-refractivity contribution in [3.05, 3.63) is 48.0 Å². The molecule has 0 aliphatic carbocycles. The van der Waals surface area contributed by atoms with Gasteiger partial charge in [-0.3, -0.25) is 19.2 Å². The highest BCUT2D eigenvalue weighted by atomic mass is 16.2. The van der Waals surface area contributed by atoms with E-state index >= 15 is 0 Å². The average Bonchev–Trinajstić information content (AvgIpc) is 2.74. The monoisotopic (exact) mass is 412 g/mol. The summed E-state index contributed by atoms with van der Waals surface area (Å²) in [5.41, 5.74) is 6.28. The second-order valence-electron chi connectivity index (χ2n) is 7.08. The number of nitrogens with one attached hydrogen (secondary N) is 3. The van der Waals surface area contributed by atoms with Crippen molar-refractivity contribution < 1.29 is 19.2 Å². The summed E-state index contributed by atoms with van der Waals surface area (Å²) >= 11 is 0. The highest BCUT2D eigenvalue weighted by molar-refractivity contribution is 6.38. The molecular formula is C22H28N4O4. The number of primary amides is 1. The molecule has 2 unspecified atom stereocenters. The molecule has 0 bridgehead atoms. The summed E-state index contributed by atoms with van der Waals surface area (Å²) in [7, 11) is 1.60. The first-order valence-electron chi connectivity index (χ1n) is 9.91. The summed E-state index contributed by atoms with van der Waals surface area (Å²) in [5.74, 6) is -2.76. The largest absolute Gasteiger partial charge is 0.368 e. The maximum Gasteiger partial charge on any atom is 0.289 e. The first-order valence-corrected chi connectivity index (χ1v) is 9.91. The van der Waals surface area contributed by atoms with Crippen molar-refractivity contribution in [3.8, 4) is 0 Å². The number of rotatable bonds is 11. The van der Waals surface area contributed by atoms with Gasteiger partial charge in [0.05, 0.1) is 12.6 Å². The van der Waals surface area contributed by atoms with E-state index in [1.54, 1.807) is 7.05 Å².